The van der Waals surface area contributed by atoms with Crippen molar-refractivity contribution in [1.29, 1.82) is 0 Å². The van der Waals surface area contributed by atoms with Crippen LogP contribution in [0.1, 0.15) is 111 Å². The Labute approximate surface area is 278 Å². The van der Waals surface area contributed by atoms with E-state index in [0.717, 1.165) is 96.0 Å². The predicted octanol–water partition coefficient (Wildman–Crippen LogP) is 9.11. The molecule has 46 heavy (non-hydrogen) atoms. The van der Waals surface area contributed by atoms with E-state index >= 15 is 0 Å². The number of hydrogen-bond acceptors (Lipinski definition) is 6. The third-order valence-electron chi connectivity index (χ3n) is 10.0. The summed E-state index contributed by atoms with van der Waals surface area (Å²) >= 11 is 0. The largest absolute Gasteiger partial charge is 0.490 e. The lowest BCUT2D eigenvalue weighted by Gasteiger charge is -2.36. The quantitative estimate of drug-likeness (QED) is 0.160. The van der Waals surface area contributed by atoms with Crippen LogP contribution in [0.5, 0.6) is 5.75 Å². The molecule has 0 amide bonds. The van der Waals surface area contributed by atoms with E-state index in [1.54, 1.807) is 6.92 Å². The Morgan fingerprint density at radius 2 is 1.74 bits per heavy atom. The monoisotopic (exact) mass is 640 g/mol. The van der Waals surface area contributed by atoms with Gasteiger partial charge in [-0.15, -0.1) is 0 Å². The molecule has 4 unspecified atom stereocenters. The van der Waals surface area contributed by atoms with E-state index in [2.05, 4.69) is 45.1 Å². The van der Waals surface area contributed by atoms with Crippen molar-refractivity contribution < 1.29 is 33.6 Å². The van der Waals surface area contributed by atoms with Crippen LogP contribution in [0, 0.1) is 23.2 Å². The van der Waals surface area contributed by atoms with Gasteiger partial charge in [-0.2, -0.15) is 0 Å². The smallest absolute Gasteiger partial charge is 0.306 e. The lowest BCUT2D eigenvalue weighted by atomic mass is 9.80. The molecule has 3 fully saturated rings. The first-order valence-corrected chi connectivity index (χ1v) is 18.1. The summed E-state index contributed by atoms with van der Waals surface area (Å²) in [7, 11) is 0. The summed E-state index contributed by atoms with van der Waals surface area (Å²) in [5.74, 6) is 0.0411. The van der Waals surface area contributed by atoms with Gasteiger partial charge in [-0.1, -0.05) is 83.0 Å². The van der Waals surface area contributed by atoms with Crippen LogP contribution in [0.3, 0.4) is 0 Å². The number of para-hydroxylation sites is 1. The second-order valence-electron chi connectivity index (χ2n) is 14.3. The molecule has 0 aromatic heterocycles. The van der Waals surface area contributed by atoms with Crippen molar-refractivity contribution >= 4 is 5.97 Å². The van der Waals surface area contributed by atoms with Crippen LogP contribution < -0.4 is 4.74 Å². The number of carboxylic acid groups (broad SMARTS) is 1. The number of unbranched alkanes of at least 4 members (excludes halogenated alkanes) is 1. The molecule has 1 aromatic carbocycles. The molecule has 4 rings (SSSR count). The van der Waals surface area contributed by atoms with Crippen LogP contribution in [-0.2, 0) is 23.7 Å². The van der Waals surface area contributed by atoms with E-state index in [4.69, 9.17) is 23.7 Å². The number of ether oxygens (including phenoxy) is 5. The Hall–Kier alpha value is -2.19. The summed E-state index contributed by atoms with van der Waals surface area (Å²) in [4.78, 5) is 11.3. The fourth-order valence-corrected chi connectivity index (χ4v) is 6.95. The fraction of sp³-hybridized carbons (Fsp3) is 0.718. The van der Waals surface area contributed by atoms with Crippen LogP contribution in [-0.4, -0.2) is 55.2 Å². The van der Waals surface area contributed by atoms with Crippen molar-refractivity contribution in [1.82, 2.24) is 0 Å². The molecular weight excluding hydrogens is 580 g/mol. The molecule has 7 heteroatoms. The van der Waals surface area contributed by atoms with Gasteiger partial charge in [0, 0.05) is 31.5 Å². The molecule has 1 saturated carbocycles. The maximum Gasteiger partial charge on any atom is 0.306 e. The van der Waals surface area contributed by atoms with E-state index in [-0.39, 0.29) is 54.1 Å². The first-order chi connectivity index (χ1) is 22.3. The maximum absolute atomic E-state index is 11.3. The van der Waals surface area contributed by atoms with Crippen molar-refractivity contribution in [2.45, 2.75) is 142 Å². The number of carboxylic acids is 1. The second kappa shape index (κ2) is 19.0. The van der Waals surface area contributed by atoms with Gasteiger partial charge in [0.15, 0.2) is 12.6 Å². The van der Waals surface area contributed by atoms with Gasteiger partial charge in [-0.05, 0) is 81.8 Å². The first kappa shape index (κ1) is 36.6. The molecule has 2 aliphatic heterocycles. The number of aliphatic carboxylic acids is 1. The zero-order chi connectivity index (χ0) is 32.8. The molecule has 2 saturated heterocycles. The molecule has 0 radical (unpaired) electrons. The average molecular weight is 641 g/mol. The minimum atomic E-state index is -0.743. The molecular formula is C39H60O7. The van der Waals surface area contributed by atoms with E-state index in [1.165, 1.54) is 0 Å². The van der Waals surface area contributed by atoms with Crippen LogP contribution >= 0.6 is 0 Å². The molecule has 1 aliphatic carbocycles. The van der Waals surface area contributed by atoms with Crippen molar-refractivity contribution in [3.05, 3.63) is 54.6 Å². The summed E-state index contributed by atoms with van der Waals surface area (Å²) < 4.78 is 32.3. The number of rotatable bonds is 18. The first-order valence-electron chi connectivity index (χ1n) is 18.1. The molecule has 1 N–H and O–H groups in total. The Morgan fingerprint density at radius 3 is 2.39 bits per heavy atom. The summed E-state index contributed by atoms with van der Waals surface area (Å²) in [5.41, 5.74) is -0.0507. The second-order valence-corrected chi connectivity index (χ2v) is 14.3. The molecule has 258 valence electrons. The van der Waals surface area contributed by atoms with E-state index in [0.29, 0.717) is 6.42 Å². The highest BCUT2D eigenvalue weighted by molar-refractivity contribution is 5.69. The molecule has 7 nitrogen and oxygen atoms in total. The number of allylic oxidation sites excluding steroid dienone is 2. The average Bonchev–Trinajstić information content (AvgIpc) is 3.37. The van der Waals surface area contributed by atoms with E-state index < -0.39 is 5.97 Å². The lowest BCUT2D eigenvalue weighted by Crippen LogP contribution is -2.37. The van der Waals surface area contributed by atoms with E-state index in [9.17, 15) is 9.90 Å². The summed E-state index contributed by atoms with van der Waals surface area (Å²) in [6.45, 7) is 10.1. The third kappa shape index (κ3) is 11.5. The number of benzene rings is 1. The Balaban J connectivity index is 1.60. The van der Waals surface area contributed by atoms with Crippen LogP contribution in [0.15, 0.2) is 54.6 Å². The lowest BCUT2D eigenvalue weighted by molar-refractivity contribution is -0.198. The molecule has 0 spiro atoms. The third-order valence-corrected chi connectivity index (χ3v) is 10.0. The van der Waals surface area contributed by atoms with Crippen molar-refractivity contribution in [3.63, 3.8) is 0 Å². The van der Waals surface area contributed by atoms with Gasteiger partial charge in [0.25, 0.3) is 0 Å². The number of hydrogen-bond donors (Lipinski definition) is 1. The summed E-state index contributed by atoms with van der Waals surface area (Å²) in [6, 6.07) is 10.1. The molecule has 3 aliphatic rings. The van der Waals surface area contributed by atoms with Gasteiger partial charge < -0.3 is 28.8 Å². The molecule has 2 heterocycles. The Morgan fingerprint density at radius 1 is 1.02 bits per heavy atom. The molecule has 8 atom stereocenters. The van der Waals surface area contributed by atoms with Crippen LogP contribution in [0.4, 0.5) is 0 Å². The Bertz CT molecular complexity index is 1060. The normalized spacial score (nSPS) is 28.9. The van der Waals surface area contributed by atoms with Gasteiger partial charge in [0.05, 0.1) is 18.1 Å². The SMILES string of the molecule is CCCCC(C)(C)C(/C=C/[C@@H]1[C@@H](C/C=C\CCC(C)C(=O)O)[C@H](Oc2ccccc2)C[C@H]1OC1CCCCO1)OC1CCCCO1. The van der Waals surface area contributed by atoms with Crippen molar-refractivity contribution in [2.75, 3.05) is 13.2 Å². The van der Waals surface area contributed by atoms with Gasteiger partial charge in [-0.25, -0.2) is 0 Å². The zero-order valence-electron chi connectivity index (χ0n) is 28.8. The van der Waals surface area contributed by atoms with Gasteiger partial charge in [-0.3, -0.25) is 4.79 Å². The highest BCUT2D eigenvalue weighted by Gasteiger charge is 2.45. The topological polar surface area (TPSA) is 83.5 Å². The summed E-state index contributed by atoms with van der Waals surface area (Å²) in [6.07, 6.45) is 21.1. The van der Waals surface area contributed by atoms with E-state index in [1.807, 2.05) is 30.3 Å². The standard InChI is InChI=1S/C39H60O7/c1-5-6-25-39(3,4)35(46-37-22-14-16-27-43-37)24-23-32-31(20-12-7-9-17-29(2)38(40)41)33(44-30-18-10-8-11-19-30)28-34(32)45-36-21-13-15-26-42-36/h7-8,10-12,18-19,23-24,29,31-37H,5-6,9,13-17,20-22,25-28H2,1-4H3,(H,40,41)/b12-7-,24-23+/t29?,31-,32-,33-,34-,35?,36?,37?/m1/s1. The maximum atomic E-state index is 11.3. The molecule has 1 aromatic rings. The van der Waals surface area contributed by atoms with Crippen LogP contribution in [0.2, 0.25) is 0 Å². The Kier molecular flexibility index (Phi) is 15.1. The zero-order valence-corrected chi connectivity index (χ0v) is 28.8. The van der Waals surface area contributed by atoms with Crippen molar-refractivity contribution in [3.8, 4) is 5.75 Å². The van der Waals surface area contributed by atoms with Crippen molar-refractivity contribution in [2.24, 2.45) is 23.2 Å². The fourth-order valence-electron chi connectivity index (χ4n) is 6.95. The van der Waals surface area contributed by atoms with Gasteiger partial charge >= 0.3 is 5.97 Å². The predicted molar refractivity (Wildman–Crippen MR) is 182 cm³/mol. The minimum Gasteiger partial charge on any atom is -0.490 e. The minimum absolute atomic E-state index is 0.0395. The van der Waals surface area contributed by atoms with Gasteiger partial charge in [0.2, 0.25) is 0 Å². The highest BCUT2D eigenvalue weighted by atomic mass is 16.7. The van der Waals surface area contributed by atoms with Gasteiger partial charge in [0.1, 0.15) is 11.9 Å². The summed E-state index contributed by atoms with van der Waals surface area (Å²) in [5, 5.41) is 9.31. The molecule has 0 bridgehead atoms. The number of carbonyl (C=O) groups is 1. The van der Waals surface area contributed by atoms with Crippen LogP contribution in [0.25, 0.3) is 0 Å². The highest BCUT2D eigenvalue weighted by Crippen LogP contribution is 2.42.